The minimum absolute atomic E-state index is 0. The molecule has 0 radical (unpaired) electrons. The van der Waals surface area contributed by atoms with E-state index in [2.05, 4.69) is 4.98 Å². The molecule has 1 aromatic heterocycles. The molecule has 0 bridgehead atoms. The molecule has 0 atom stereocenters. The van der Waals surface area contributed by atoms with E-state index >= 15 is 0 Å². The van der Waals surface area contributed by atoms with Crippen molar-refractivity contribution in [3.8, 4) is 0 Å². The Morgan fingerprint density at radius 2 is 2.22 bits per heavy atom. The van der Waals surface area contributed by atoms with Gasteiger partial charge in [0.1, 0.15) is 5.82 Å². The Balaban J connectivity index is 0.000000640. The van der Waals surface area contributed by atoms with Crippen LogP contribution in [0.25, 0.3) is 0 Å². The summed E-state index contributed by atoms with van der Waals surface area (Å²) in [6, 6.07) is 3.51. The third-order valence-corrected chi connectivity index (χ3v) is 1.14. The Hall–Kier alpha value is 0.806. The van der Waals surface area contributed by atoms with Crippen LogP contribution in [-0.4, -0.2) is 4.98 Å². The number of hydrogen-bond acceptors (Lipinski definition) is 3. The summed E-state index contributed by atoms with van der Waals surface area (Å²) in [6.07, 6.45) is 1.62. The Morgan fingerprint density at radius 3 is 2.56 bits per heavy atom. The van der Waals surface area contributed by atoms with Gasteiger partial charge in [-0.25, -0.2) is 4.98 Å². The van der Waals surface area contributed by atoms with Gasteiger partial charge in [-0.2, -0.15) is 0 Å². The molecule has 9 heavy (non-hydrogen) atoms. The van der Waals surface area contributed by atoms with Gasteiger partial charge in [-0.1, -0.05) is 6.07 Å². The molecule has 1 heterocycles. The third-order valence-electron chi connectivity index (χ3n) is 0.800. The standard InChI is InChI=1S/C5H6N2S.K/c6-5-4(8)2-1-3-7-5;/h1-3,8H,(H2,6,7);/q;+1/p-1. The first-order valence-corrected chi connectivity index (χ1v) is 2.59. The van der Waals surface area contributed by atoms with E-state index < -0.39 is 0 Å². The number of anilines is 1. The van der Waals surface area contributed by atoms with E-state index in [4.69, 9.17) is 18.4 Å². The topological polar surface area (TPSA) is 38.9 Å². The molecule has 0 amide bonds. The first-order chi connectivity index (χ1) is 3.80. The van der Waals surface area contributed by atoms with Crippen molar-refractivity contribution in [2.45, 2.75) is 4.90 Å². The quantitative estimate of drug-likeness (QED) is 0.342. The van der Waals surface area contributed by atoms with Crippen molar-refractivity contribution in [2.24, 2.45) is 0 Å². The molecule has 0 unspecified atom stereocenters. The molecular formula is C5H5KN2S. The number of aromatic nitrogens is 1. The summed E-state index contributed by atoms with van der Waals surface area (Å²) in [5.41, 5.74) is 5.30. The summed E-state index contributed by atoms with van der Waals surface area (Å²) >= 11 is 4.77. The second-order valence-electron chi connectivity index (χ2n) is 1.39. The summed E-state index contributed by atoms with van der Waals surface area (Å²) in [5, 5.41) is 0. The SMILES string of the molecule is Nc1ncccc1[S-].[K+]. The monoisotopic (exact) mass is 164 g/mol. The summed E-state index contributed by atoms with van der Waals surface area (Å²) in [7, 11) is 0. The molecule has 0 aromatic carbocycles. The number of nitrogens with two attached hydrogens (primary N) is 1. The van der Waals surface area contributed by atoms with E-state index in [9.17, 15) is 0 Å². The molecule has 0 aliphatic carbocycles. The molecule has 1 rings (SSSR count). The van der Waals surface area contributed by atoms with E-state index in [0.29, 0.717) is 10.7 Å². The van der Waals surface area contributed by atoms with Gasteiger partial charge in [-0.3, -0.25) is 0 Å². The zero-order valence-corrected chi connectivity index (χ0v) is 9.10. The van der Waals surface area contributed by atoms with Crippen LogP contribution in [0.2, 0.25) is 0 Å². The second-order valence-corrected chi connectivity index (χ2v) is 1.83. The largest absolute Gasteiger partial charge is 1.00 e. The molecule has 42 valence electrons. The number of nitrogen functional groups attached to an aromatic ring is 1. The first kappa shape index (κ1) is 9.81. The van der Waals surface area contributed by atoms with Crippen molar-refractivity contribution >= 4 is 18.4 Å². The summed E-state index contributed by atoms with van der Waals surface area (Å²) in [6.45, 7) is 0. The van der Waals surface area contributed by atoms with Crippen LogP contribution in [0.1, 0.15) is 0 Å². The van der Waals surface area contributed by atoms with Crippen LogP contribution in [0.3, 0.4) is 0 Å². The molecule has 2 N–H and O–H groups in total. The zero-order chi connectivity index (χ0) is 5.98. The maximum Gasteiger partial charge on any atom is 1.00 e. The zero-order valence-electron chi connectivity index (χ0n) is 5.16. The van der Waals surface area contributed by atoms with Gasteiger partial charge in [0, 0.05) is 6.20 Å². The van der Waals surface area contributed by atoms with Crippen LogP contribution < -0.4 is 57.1 Å². The van der Waals surface area contributed by atoms with E-state index in [1.54, 1.807) is 18.3 Å². The number of hydrogen-bond donors (Lipinski definition) is 1. The Labute approximate surface area is 102 Å². The summed E-state index contributed by atoms with van der Waals surface area (Å²) in [5.74, 6) is 0.433. The smallest absolute Gasteiger partial charge is 0.776 e. The minimum atomic E-state index is 0. The molecule has 0 saturated carbocycles. The Kier molecular flexibility index (Phi) is 5.01. The fraction of sp³-hybridized carbons (Fsp3) is 0. The molecule has 0 spiro atoms. The number of rotatable bonds is 0. The van der Waals surface area contributed by atoms with Crippen LogP contribution in [0, 0.1) is 0 Å². The van der Waals surface area contributed by atoms with Gasteiger partial charge in [0.15, 0.2) is 0 Å². The third kappa shape index (κ3) is 2.93. The van der Waals surface area contributed by atoms with Crippen molar-refractivity contribution in [3.05, 3.63) is 18.3 Å². The molecular weight excluding hydrogens is 159 g/mol. The van der Waals surface area contributed by atoms with Crippen molar-refractivity contribution < 1.29 is 51.4 Å². The van der Waals surface area contributed by atoms with Crippen molar-refractivity contribution in [2.75, 3.05) is 5.73 Å². The number of nitrogens with zero attached hydrogens (tertiary/aromatic N) is 1. The van der Waals surface area contributed by atoms with Crippen molar-refractivity contribution in [1.29, 1.82) is 0 Å². The average molecular weight is 164 g/mol. The van der Waals surface area contributed by atoms with Crippen LogP contribution in [0.5, 0.6) is 0 Å². The van der Waals surface area contributed by atoms with E-state index in [-0.39, 0.29) is 51.4 Å². The predicted molar refractivity (Wildman–Crippen MR) is 34.3 cm³/mol. The van der Waals surface area contributed by atoms with Gasteiger partial charge in [0.05, 0.1) is 0 Å². The fourth-order valence-corrected chi connectivity index (χ4v) is 0.534. The fourth-order valence-electron chi connectivity index (χ4n) is 0.403. The normalized spacial score (nSPS) is 8.00. The van der Waals surface area contributed by atoms with E-state index in [1.165, 1.54) is 0 Å². The van der Waals surface area contributed by atoms with Gasteiger partial charge >= 0.3 is 51.4 Å². The van der Waals surface area contributed by atoms with Crippen LogP contribution in [0.4, 0.5) is 5.82 Å². The molecule has 0 aliphatic rings. The van der Waals surface area contributed by atoms with Crippen LogP contribution in [-0.2, 0) is 12.6 Å². The van der Waals surface area contributed by atoms with Gasteiger partial charge < -0.3 is 18.4 Å². The summed E-state index contributed by atoms with van der Waals surface area (Å²) in [4.78, 5) is 4.37. The summed E-state index contributed by atoms with van der Waals surface area (Å²) < 4.78 is 0. The van der Waals surface area contributed by atoms with Crippen LogP contribution in [0.15, 0.2) is 23.2 Å². The maximum absolute atomic E-state index is 5.30. The Bertz CT molecular complexity index is 171. The van der Waals surface area contributed by atoms with Crippen molar-refractivity contribution in [1.82, 2.24) is 4.98 Å². The van der Waals surface area contributed by atoms with Crippen molar-refractivity contribution in [3.63, 3.8) is 0 Å². The number of pyridine rings is 1. The predicted octanol–water partition coefficient (Wildman–Crippen LogP) is -2.43. The Morgan fingerprint density at radius 1 is 1.56 bits per heavy atom. The molecule has 0 fully saturated rings. The molecule has 2 nitrogen and oxygen atoms in total. The maximum atomic E-state index is 5.30. The minimum Gasteiger partial charge on any atom is -0.776 e. The van der Waals surface area contributed by atoms with Gasteiger partial charge in [-0.05, 0) is 6.07 Å². The van der Waals surface area contributed by atoms with Gasteiger partial charge in [0.2, 0.25) is 0 Å². The molecule has 0 aliphatic heterocycles. The molecule has 0 saturated heterocycles. The van der Waals surface area contributed by atoms with Gasteiger partial charge in [0.25, 0.3) is 0 Å². The van der Waals surface area contributed by atoms with E-state index in [1.807, 2.05) is 0 Å². The van der Waals surface area contributed by atoms with Gasteiger partial charge in [-0.15, -0.1) is 4.90 Å². The average Bonchev–Trinajstić information content (AvgIpc) is 1.77. The first-order valence-electron chi connectivity index (χ1n) is 2.18. The van der Waals surface area contributed by atoms with E-state index in [0.717, 1.165) is 0 Å². The second kappa shape index (κ2) is 4.60. The van der Waals surface area contributed by atoms with Crippen LogP contribution >= 0.6 is 0 Å². The molecule has 1 aromatic rings. The molecule has 4 heteroatoms.